The number of ketones is 2. The van der Waals surface area contributed by atoms with Gasteiger partial charge in [0.2, 0.25) is 5.78 Å². The summed E-state index contributed by atoms with van der Waals surface area (Å²) < 4.78 is 0. The molecule has 0 radical (unpaired) electrons. The summed E-state index contributed by atoms with van der Waals surface area (Å²) in [6.07, 6.45) is 0.333. The molecule has 1 saturated carbocycles. The Balaban J connectivity index is 0.00000342. The van der Waals surface area contributed by atoms with Crippen LogP contribution in [0.25, 0.3) is 5.76 Å². The van der Waals surface area contributed by atoms with E-state index in [4.69, 9.17) is 5.73 Å². The smallest absolute Gasteiger partial charge is 0.255 e. The highest BCUT2D eigenvalue weighted by Gasteiger charge is 2.64. The number of carbonyl (C=O) groups excluding carboxylic acids is 3. The number of Topliss-reactive ketones (excluding diaryl/α,β-unsaturated/α-hetero) is 2. The van der Waals surface area contributed by atoms with Crippen LogP contribution in [-0.4, -0.2) is 82.1 Å². The number of amides is 1. The van der Waals surface area contributed by atoms with Crippen molar-refractivity contribution in [2.45, 2.75) is 31.4 Å². The van der Waals surface area contributed by atoms with Crippen LogP contribution >= 0.6 is 12.4 Å². The Hall–Kier alpha value is -3.08. The number of anilines is 1. The largest absolute Gasteiger partial charge is 0.508 e. The first-order chi connectivity index (χ1) is 15.9. The van der Waals surface area contributed by atoms with Gasteiger partial charge in [-0.25, -0.2) is 0 Å². The third-order valence-electron chi connectivity index (χ3n) is 7.47. The van der Waals surface area contributed by atoms with Crippen LogP contribution in [0.4, 0.5) is 5.69 Å². The van der Waals surface area contributed by atoms with Gasteiger partial charge in [-0.2, -0.15) is 0 Å². The minimum atomic E-state index is -2.63. The predicted octanol–water partition coefficient (Wildman–Crippen LogP) is 0.842. The number of phenols is 1. The number of phenolic OH excluding ortho intramolecular Hbond substituents is 1. The lowest BCUT2D eigenvalue weighted by molar-refractivity contribution is -0.153. The number of hydrogen-bond donors (Lipinski definition) is 5. The molecule has 3 aliphatic carbocycles. The van der Waals surface area contributed by atoms with Gasteiger partial charge in [-0.15, -0.1) is 12.4 Å². The van der Waals surface area contributed by atoms with Crippen molar-refractivity contribution in [2.75, 3.05) is 32.6 Å². The van der Waals surface area contributed by atoms with Gasteiger partial charge in [0.15, 0.2) is 11.4 Å². The monoisotopic (exact) mass is 507 g/mol. The van der Waals surface area contributed by atoms with E-state index in [2.05, 4.69) is 0 Å². The highest BCUT2D eigenvalue weighted by Crippen LogP contribution is 2.53. The van der Waals surface area contributed by atoms with Crippen LogP contribution in [0.3, 0.4) is 0 Å². The summed E-state index contributed by atoms with van der Waals surface area (Å²) in [6.45, 7) is 2.61. The average molecular weight is 508 g/mol. The lowest BCUT2D eigenvalue weighted by Gasteiger charge is -2.50. The molecule has 0 unspecified atom stereocenters. The molecule has 0 heterocycles. The Bertz CT molecular complexity index is 1190. The topological polar surface area (TPSA) is 165 Å². The minimum Gasteiger partial charge on any atom is -0.508 e. The number of rotatable bonds is 4. The van der Waals surface area contributed by atoms with E-state index in [0.717, 1.165) is 5.69 Å². The van der Waals surface area contributed by atoms with E-state index in [1.54, 1.807) is 20.2 Å². The number of aliphatic hydroxyl groups is 3. The summed E-state index contributed by atoms with van der Waals surface area (Å²) in [4.78, 5) is 42.2. The molecule has 1 amide bonds. The zero-order valence-corrected chi connectivity index (χ0v) is 20.7. The van der Waals surface area contributed by atoms with Crippen LogP contribution in [0.5, 0.6) is 5.75 Å². The molecule has 0 aromatic heterocycles. The fourth-order valence-electron chi connectivity index (χ4n) is 5.76. The Morgan fingerprint density at radius 3 is 2.34 bits per heavy atom. The van der Waals surface area contributed by atoms with Crippen molar-refractivity contribution in [3.8, 4) is 5.75 Å². The van der Waals surface area contributed by atoms with E-state index >= 15 is 0 Å². The summed E-state index contributed by atoms with van der Waals surface area (Å²) in [7, 11) is 5.00. The molecule has 11 heteroatoms. The number of halogens is 1. The molecule has 0 bridgehead atoms. The molecule has 4 atom stereocenters. The number of primary amides is 1. The quantitative estimate of drug-likeness (QED) is 0.371. The van der Waals surface area contributed by atoms with Gasteiger partial charge in [0.25, 0.3) is 5.91 Å². The summed E-state index contributed by atoms with van der Waals surface area (Å²) >= 11 is 0. The van der Waals surface area contributed by atoms with Crippen molar-refractivity contribution < 1.29 is 34.8 Å². The number of hydrogen-bond acceptors (Lipinski definition) is 9. The zero-order chi connectivity index (χ0) is 25.3. The molecule has 0 saturated heterocycles. The van der Waals surface area contributed by atoms with Gasteiger partial charge >= 0.3 is 0 Å². The number of fused-ring (bicyclic) bond motifs is 3. The van der Waals surface area contributed by atoms with E-state index in [1.807, 2.05) is 18.9 Å². The van der Waals surface area contributed by atoms with E-state index in [9.17, 15) is 34.8 Å². The molecule has 10 nitrogen and oxygen atoms in total. The molecule has 0 aliphatic heterocycles. The number of likely N-dealkylation sites (N-methyl/N-ethyl adjacent to an activating group) is 1. The van der Waals surface area contributed by atoms with Gasteiger partial charge < -0.3 is 31.1 Å². The van der Waals surface area contributed by atoms with Gasteiger partial charge in [-0.05, 0) is 57.5 Å². The van der Waals surface area contributed by atoms with Crippen LogP contribution in [0.2, 0.25) is 0 Å². The molecule has 1 aromatic rings. The lowest BCUT2D eigenvalue weighted by atomic mass is 9.57. The van der Waals surface area contributed by atoms with Crippen molar-refractivity contribution >= 4 is 41.3 Å². The Kier molecular flexibility index (Phi) is 6.71. The molecule has 1 aromatic carbocycles. The van der Waals surface area contributed by atoms with Crippen LogP contribution < -0.4 is 10.6 Å². The first kappa shape index (κ1) is 26.5. The Morgan fingerprint density at radius 2 is 1.80 bits per heavy atom. The van der Waals surface area contributed by atoms with Gasteiger partial charge in [0.05, 0.1) is 11.6 Å². The highest BCUT2D eigenvalue weighted by molar-refractivity contribution is 6.24. The number of aliphatic hydroxyl groups excluding tert-OH is 2. The number of benzene rings is 1. The van der Waals surface area contributed by atoms with E-state index in [-0.39, 0.29) is 42.1 Å². The summed E-state index contributed by atoms with van der Waals surface area (Å²) in [5.41, 5.74) is 3.23. The number of nitrogens with zero attached hydrogens (tertiary/aromatic N) is 2. The summed E-state index contributed by atoms with van der Waals surface area (Å²) in [5, 5.41) is 44.1. The van der Waals surface area contributed by atoms with Gasteiger partial charge in [0, 0.05) is 30.8 Å². The van der Waals surface area contributed by atoms with Crippen molar-refractivity contribution in [2.24, 2.45) is 17.6 Å². The summed E-state index contributed by atoms with van der Waals surface area (Å²) in [6, 6.07) is 2.06. The molecule has 3 aliphatic rings. The second-order valence-electron chi connectivity index (χ2n) is 9.43. The molecule has 1 fully saturated rings. The Morgan fingerprint density at radius 1 is 1.17 bits per heavy atom. The third kappa shape index (κ3) is 3.50. The van der Waals surface area contributed by atoms with Crippen LogP contribution in [0.1, 0.15) is 24.5 Å². The first-order valence-corrected chi connectivity index (χ1v) is 11.1. The fraction of sp³-hybridized carbons (Fsp3) is 0.458. The average Bonchev–Trinajstić information content (AvgIpc) is 2.75. The number of aromatic hydroxyl groups is 1. The van der Waals surface area contributed by atoms with E-state index in [0.29, 0.717) is 12.1 Å². The number of nitrogens with two attached hydrogens (primary N) is 1. The Labute approximate surface area is 208 Å². The summed E-state index contributed by atoms with van der Waals surface area (Å²) in [5.74, 6) is -6.52. The lowest BCUT2D eigenvalue weighted by Crippen LogP contribution is -2.65. The van der Waals surface area contributed by atoms with Crippen molar-refractivity contribution in [1.29, 1.82) is 0 Å². The molecule has 0 spiro atoms. The van der Waals surface area contributed by atoms with Crippen LogP contribution in [0.15, 0.2) is 29.0 Å². The molecule has 190 valence electrons. The highest BCUT2D eigenvalue weighted by atomic mass is 35.5. The van der Waals surface area contributed by atoms with Gasteiger partial charge in [-0.3, -0.25) is 19.3 Å². The van der Waals surface area contributed by atoms with Crippen LogP contribution in [-0.2, 0) is 20.8 Å². The minimum absolute atomic E-state index is 0. The van der Waals surface area contributed by atoms with Crippen LogP contribution in [0, 0.1) is 11.8 Å². The second-order valence-corrected chi connectivity index (χ2v) is 9.43. The van der Waals surface area contributed by atoms with Gasteiger partial charge in [-0.1, -0.05) is 0 Å². The fourth-order valence-corrected chi connectivity index (χ4v) is 5.76. The maximum absolute atomic E-state index is 13.7. The zero-order valence-electron chi connectivity index (χ0n) is 19.9. The standard InChI is InChI=1S/C24H29N3O7.ClH/c1-5-27(4)13-6-7-14(28)16-11(13)8-10-9-12-18(26(2)3)20(30)17(23(25)33)22(32)24(12,34)21(31)15(10)19(16)29;/h6-7,10,12,18,28-29,32,34H,5,8-9H2,1-4H3,(H2,25,33);1H/t10-,12-,18-,24-;/m1./s1. The van der Waals surface area contributed by atoms with Crippen molar-refractivity contribution in [1.82, 2.24) is 4.90 Å². The second kappa shape index (κ2) is 8.85. The molecule has 4 rings (SSSR count). The third-order valence-corrected chi connectivity index (χ3v) is 7.47. The van der Waals surface area contributed by atoms with E-state index < -0.39 is 58.0 Å². The SMILES string of the molecule is CCN(C)c1ccc(O)c2c1C[C@@H]1C[C@@H]3[C@@H](N(C)C)C(=O)C(C(N)=O)=C(O)[C@]3(O)C(=O)C1=C2O.Cl. The van der Waals surface area contributed by atoms with Crippen molar-refractivity contribution in [3.05, 3.63) is 40.2 Å². The van der Waals surface area contributed by atoms with Crippen molar-refractivity contribution in [3.63, 3.8) is 0 Å². The van der Waals surface area contributed by atoms with E-state index in [1.165, 1.54) is 11.0 Å². The molecular weight excluding hydrogens is 478 g/mol. The normalized spacial score (nSPS) is 27.8. The van der Waals surface area contributed by atoms with Gasteiger partial charge in [0.1, 0.15) is 22.8 Å². The molecule has 6 N–H and O–H groups in total. The maximum Gasteiger partial charge on any atom is 0.255 e. The maximum atomic E-state index is 13.7. The predicted molar refractivity (Wildman–Crippen MR) is 130 cm³/mol. The first-order valence-electron chi connectivity index (χ1n) is 11.1. The molecular formula is C24H30ClN3O7. The number of carbonyl (C=O) groups is 3. The molecule has 35 heavy (non-hydrogen) atoms.